The minimum absolute atomic E-state index is 0.0784. The number of fused-ring (bicyclic) bond motifs is 1. The second-order valence-corrected chi connectivity index (χ2v) is 7.05. The largest absolute Gasteiger partial charge is 0.296 e. The zero-order valence-electron chi connectivity index (χ0n) is 15.3. The molecule has 6 nitrogen and oxygen atoms in total. The number of aldehydes is 1. The molecule has 3 heterocycles. The molecule has 0 radical (unpaired) electrons. The molecule has 0 saturated carbocycles. The molecule has 1 aliphatic rings. The van der Waals surface area contributed by atoms with Crippen molar-refractivity contribution in [2.75, 3.05) is 4.90 Å². The number of aryl methyl sites for hydroxylation is 1. The van der Waals surface area contributed by atoms with Gasteiger partial charge in [0.05, 0.1) is 11.1 Å². The van der Waals surface area contributed by atoms with Crippen molar-refractivity contribution < 1.29 is 9.59 Å². The van der Waals surface area contributed by atoms with Crippen LogP contribution in [0, 0.1) is 6.92 Å². The Kier molecular flexibility index (Phi) is 3.84. The Balaban J connectivity index is 1.88. The highest BCUT2D eigenvalue weighted by Gasteiger charge is 2.45. The van der Waals surface area contributed by atoms with Crippen LogP contribution in [-0.2, 0) is 10.2 Å². The van der Waals surface area contributed by atoms with Crippen LogP contribution in [-0.4, -0.2) is 27.1 Å². The minimum atomic E-state index is -0.684. The summed E-state index contributed by atoms with van der Waals surface area (Å²) in [5.74, 6) is 1.06. The number of pyridine rings is 1. The molecule has 4 rings (SSSR count). The molecule has 134 valence electrons. The number of rotatable bonds is 3. The number of carbonyl (C=O) groups excluding carboxylic acids is 2. The summed E-state index contributed by atoms with van der Waals surface area (Å²) >= 11 is 0. The monoisotopic (exact) mass is 358 g/mol. The van der Waals surface area contributed by atoms with Crippen LogP contribution in [0.2, 0.25) is 0 Å². The highest BCUT2D eigenvalue weighted by molar-refractivity contribution is 6.12. The lowest BCUT2D eigenvalue weighted by atomic mass is 9.85. The number of amides is 1. The van der Waals surface area contributed by atoms with Gasteiger partial charge in [0.15, 0.2) is 6.29 Å². The average molecular weight is 358 g/mol. The van der Waals surface area contributed by atoms with E-state index in [0.717, 1.165) is 22.4 Å². The fourth-order valence-electron chi connectivity index (χ4n) is 3.33. The van der Waals surface area contributed by atoms with Gasteiger partial charge >= 0.3 is 0 Å². The lowest BCUT2D eigenvalue weighted by Gasteiger charge is -2.19. The number of hydrogen-bond donors (Lipinski definition) is 0. The summed E-state index contributed by atoms with van der Waals surface area (Å²) < 4.78 is 0. The summed E-state index contributed by atoms with van der Waals surface area (Å²) in [6, 6.07) is 11.0. The third-order valence-corrected chi connectivity index (χ3v) is 4.87. The van der Waals surface area contributed by atoms with Gasteiger partial charge in [-0.25, -0.2) is 15.0 Å². The quantitative estimate of drug-likeness (QED) is 0.669. The average Bonchev–Trinajstić information content (AvgIpc) is 2.88. The lowest BCUT2D eigenvalue weighted by Crippen LogP contribution is -2.33. The predicted octanol–water partition coefficient (Wildman–Crippen LogP) is 3.62. The van der Waals surface area contributed by atoms with E-state index < -0.39 is 5.41 Å². The van der Waals surface area contributed by atoms with Gasteiger partial charge in [-0.15, -0.1) is 0 Å². The standard InChI is InChI=1S/C21H18N4O2/c1-13-22-10-15(11-23-13)14-7-8-17-18(9-14)25(20(27)21(17,2)3)19-6-4-5-16(12-26)24-19/h4-12H,1-3H3. The highest BCUT2D eigenvalue weighted by Crippen LogP contribution is 2.46. The smallest absolute Gasteiger partial charge is 0.242 e. The molecule has 2 aromatic heterocycles. The first-order valence-electron chi connectivity index (χ1n) is 8.62. The zero-order valence-corrected chi connectivity index (χ0v) is 15.3. The lowest BCUT2D eigenvalue weighted by molar-refractivity contribution is -0.121. The third-order valence-electron chi connectivity index (χ3n) is 4.87. The number of aromatic nitrogens is 3. The van der Waals surface area contributed by atoms with Gasteiger partial charge in [0.1, 0.15) is 17.3 Å². The molecule has 0 N–H and O–H groups in total. The molecule has 0 atom stereocenters. The van der Waals surface area contributed by atoms with Gasteiger partial charge in [0, 0.05) is 18.0 Å². The first kappa shape index (κ1) is 17.0. The van der Waals surface area contributed by atoms with Crippen molar-refractivity contribution in [3.05, 3.63) is 65.9 Å². The molecule has 0 aliphatic carbocycles. The van der Waals surface area contributed by atoms with Gasteiger partial charge in [0.25, 0.3) is 0 Å². The van der Waals surface area contributed by atoms with E-state index >= 15 is 0 Å². The molecule has 6 heteroatoms. The normalized spacial score (nSPS) is 14.9. The van der Waals surface area contributed by atoms with E-state index in [9.17, 15) is 9.59 Å². The number of hydrogen-bond acceptors (Lipinski definition) is 5. The van der Waals surface area contributed by atoms with E-state index in [2.05, 4.69) is 15.0 Å². The van der Waals surface area contributed by atoms with Crippen molar-refractivity contribution in [1.82, 2.24) is 15.0 Å². The summed E-state index contributed by atoms with van der Waals surface area (Å²) in [6.45, 7) is 5.62. The van der Waals surface area contributed by atoms with Gasteiger partial charge in [-0.2, -0.15) is 0 Å². The Labute approximate surface area is 156 Å². The summed E-state index contributed by atoms with van der Waals surface area (Å²) in [5, 5.41) is 0. The summed E-state index contributed by atoms with van der Waals surface area (Å²) in [4.78, 5) is 38.7. The van der Waals surface area contributed by atoms with E-state index in [0.29, 0.717) is 17.9 Å². The Morgan fingerprint density at radius 2 is 1.78 bits per heavy atom. The van der Waals surface area contributed by atoms with E-state index in [4.69, 9.17) is 0 Å². The topological polar surface area (TPSA) is 76.1 Å². The van der Waals surface area contributed by atoms with Crippen LogP contribution in [0.25, 0.3) is 11.1 Å². The molecule has 0 unspecified atom stereocenters. The number of anilines is 2. The number of nitrogens with zero attached hydrogens (tertiary/aromatic N) is 4. The van der Waals surface area contributed by atoms with Crippen molar-refractivity contribution in [3.8, 4) is 11.1 Å². The third kappa shape index (κ3) is 2.70. The Hall–Kier alpha value is -3.41. The van der Waals surface area contributed by atoms with Crippen molar-refractivity contribution in [3.63, 3.8) is 0 Å². The molecule has 1 aliphatic heterocycles. The van der Waals surface area contributed by atoms with E-state index in [-0.39, 0.29) is 11.6 Å². The van der Waals surface area contributed by atoms with Gasteiger partial charge in [-0.1, -0.05) is 18.2 Å². The Morgan fingerprint density at radius 3 is 2.48 bits per heavy atom. The summed E-state index contributed by atoms with van der Waals surface area (Å²) in [6.07, 6.45) is 4.21. The molecule has 0 spiro atoms. The first-order valence-corrected chi connectivity index (χ1v) is 8.62. The van der Waals surface area contributed by atoms with Crippen molar-refractivity contribution in [2.24, 2.45) is 0 Å². The maximum Gasteiger partial charge on any atom is 0.242 e. The fraction of sp³-hybridized carbons (Fsp3) is 0.190. The molecular weight excluding hydrogens is 340 g/mol. The molecule has 3 aromatic rings. The Bertz CT molecular complexity index is 1060. The zero-order chi connectivity index (χ0) is 19.2. The SMILES string of the molecule is Cc1ncc(-c2ccc3c(c2)N(c2cccc(C=O)n2)C(=O)C3(C)C)cn1. The second-order valence-electron chi connectivity index (χ2n) is 7.05. The van der Waals surface area contributed by atoms with Crippen LogP contribution in [0.1, 0.15) is 35.7 Å². The summed E-state index contributed by atoms with van der Waals surface area (Å²) in [7, 11) is 0. The van der Waals surface area contributed by atoms with Gasteiger partial charge in [-0.3, -0.25) is 14.5 Å². The Morgan fingerprint density at radius 1 is 1.04 bits per heavy atom. The van der Waals surface area contributed by atoms with Crippen molar-refractivity contribution >= 4 is 23.7 Å². The van der Waals surface area contributed by atoms with E-state index in [1.807, 2.05) is 39.0 Å². The highest BCUT2D eigenvalue weighted by atomic mass is 16.2. The molecule has 0 saturated heterocycles. The van der Waals surface area contributed by atoms with E-state index in [1.54, 1.807) is 35.5 Å². The van der Waals surface area contributed by atoms with Crippen LogP contribution in [0.5, 0.6) is 0 Å². The van der Waals surface area contributed by atoms with Gasteiger partial charge in [-0.05, 0) is 50.1 Å². The van der Waals surface area contributed by atoms with Crippen LogP contribution in [0.3, 0.4) is 0 Å². The van der Waals surface area contributed by atoms with Gasteiger partial charge in [0.2, 0.25) is 5.91 Å². The molecule has 1 amide bonds. The molecule has 0 fully saturated rings. The summed E-state index contributed by atoms with van der Waals surface area (Å²) in [5.41, 5.74) is 3.07. The number of benzene rings is 1. The maximum absolute atomic E-state index is 13.1. The predicted molar refractivity (Wildman–Crippen MR) is 102 cm³/mol. The maximum atomic E-state index is 13.1. The van der Waals surface area contributed by atoms with Crippen LogP contribution >= 0.6 is 0 Å². The number of carbonyl (C=O) groups is 2. The fourth-order valence-corrected chi connectivity index (χ4v) is 3.33. The second kappa shape index (κ2) is 6.09. The van der Waals surface area contributed by atoms with E-state index in [1.165, 1.54) is 0 Å². The van der Waals surface area contributed by atoms with Crippen LogP contribution in [0.15, 0.2) is 48.8 Å². The van der Waals surface area contributed by atoms with Crippen molar-refractivity contribution in [1.29, 1.82) is 0 Å². The van der Waals surface area contributed by atoms with Gasteiger partial charge < -0.3 is 0 Å². The molecule has 1 aromatic carbocycles. The molecule has 27 heavy (non-hydrogen) atoms. The van der Waals surface area contributed by atoms with Crippen molar-refractivity contribution in [2.45, 2.75) is 26.2 Å². The minimum Gasteiger partial charge on any atom is -0.296 e. The molecular formula is C21H18N4O2. The molecule has 0 bridgehead atoms. The first-order chi connectivity index (χ1) is 12.9. The van der Waals surface area contributed by atoms with Crippen LogP contribution < -0.4 is 4.90 Å². The van der Waals surface area contributed by atoms with Crippen LogP contribution in [0.4, 0.5) is 11.5 Å².